The van der Waals surface area contributed by atoms with E-state index in [4.69, 9.17) is 0 Å². The Morgan fingerprint density at radius 2 is 2.31 bits per heavy atom. The number of hydrogen-bond donors (Lipinski definition) is 1. The van der Waals surface area contributed by atoms with E-state index in [-0.39, 0.29) is 11.9 Å². The van der Waals surface area contributed by atoms with Crippen LogP contribution in [0.1, 0.15) is 24.3 Å². The van der Waals surface area contributed by atoms with E-state index in [2.05, 4.69) is 28.7 Å². The largest absolute Gasteiger partial charge is 0.362 e. The molecule has 2 heterocycles. The molecule has 2 rings (SSSR count). The molecule has 1 N–H and O–H groups in total. The van der Waals surface area contributed by atoms with Crippen molar-refractivity contribution in [3.63, 3.8) is 0 Å². The first-order valence-electron chi connectivity index (χ1n) is 5.21. The lowest BCUT2D eigenvalue weighted by atomic mass is 10.2. The van der Waals surface area contributed by atoms with Crippen LogP contribution in [0.5, 0.6) is 0 Å². The van der Waals surface area contributed by atoms with Gasteiger partial charge in [0.25, 0.3) is 0 Å². The summed E-state index contributed by atoms with van der Waals surface area (Å²) < 4.78 is 12.7. The molecule has 0 aliphatic heterocycles. The van der Waals surface area contributed by atoms with Gasteiger partial charge in [-0.05, 0) is 30.0 Å². The minimum absolute atomic E-state index is 0.248. The van der Waals surface area contributed by atoms with Gasteiger partial charge in [-0.1, -0.05) is 13.0 Å². The van der Waals surface area contributed by atoms with Gasteiger partial charge in [0, 0.05) is 4.88 Å². The SMILES string of the molecule is CCC(Nc1ccc(F)cn1)c1cccs1. The molecule has 0 aromatic carbocycles. The highest BCUT2D eigenvalue weighted by Crippen LogP contribution is 2.25. The van der Waals surface area contributed by atoms with E-state index >= 15 is 0 Å². The summed E-state index contributed by atoms with van der Waals surface area (Å²) in [6.45, 7) is 2.11. The summed E-state index contributed by atoms with van der Waals surface area (Å²) in [5, 5.41) is 5.34. The smallest absolute Gasteiger partial charge is 0.141 e. The van der Waals surface area contributed by atoms with Crippen molar-refractivity contribution < 1.29 is 4.39 Å². The molecular formula is C12H13FN2S. The van der Waals surface area contributed by atoms with Gasteiger partial charge >= 0.3 is 0 Å². The molecule has 0 aliphatic rings. The number of hydrogen-bond acceptors (Lipinski definition) is 3. The van der Waals surface area contributed by atoms with Crippen molar-refractivity contribution in [3.05, 3.63) is 46.5 Å². The van der Waals surface area contributed by atoms with E-state index in [1.165, 1.54) is 17.1 Å². The molecule has 0 saturated carbocycles. The maximum absolute atomic E-state index is 12.7. The zero-order chi connectivity index (χ0) is 11.4. The standard InChI is InChI=1S/C12H13FN2S/c1-2-10(11-4-3-7-16-11)15-12-6-5-9(13)8-14-12/h3-8,10H,2H2,1H3,(H,14,15). The Morgan fingerprint density at radius 1 is 1.44 bits per heavy atom. The number of pyridine rings is 1. The Kier molecular flexibility index (Phi) is 3.51. The van der Waals surface area contributed by atoms with E-state index < -0.39 is 0 Å². The molecule has 84 valence electrons. The average Bonchev–Trinajstić information content (AvgIpc) is 2.82. The van der Waals surface area contributed by atoms with E-state index in [0.717, 1.165) is 6.42 Å². The van der Waals surface area contributed by atoms with Gasteiger partial charge in [-0.3, -0.25) is 0 Å². The third kappa shape index (κ3) is 2.58. The number of halogens is 1. The van der Waals surface area contributed by atoms with Gasteiger partial charge in [-0.2, -0.15) is 0 Å². The number of nitrogens with one attached hydrogen (secondary N) is 1. The van der Waals surface area contributed by atoms with Crippen molar-refractivity contribution in [2.24, 2.45) is 0 Å². The van der Waals surface area contributed by atoms with Gasteiger partial charge in [0.15, 0.2) is 0 Å². The fourth-order valence-electron chi connectivity index (χ4n) is 1.50. The Bertz CT molecular complexity index is 425. The third-order valence-electron chi connectivity index (χ3n) is 2.34. The highest BCUT2D eigenvalue weighted by atomic mass is 32.1. The molecule has 0 saturated heterocycles. The second-order valence-corrected chi connectivity index (χ2v) is 4.46. The van der Waals surface area contributed by atoms with Gasteiger partial charge in [-0.25, -0.2) is 9.37 Å². The van der Waals surface area contributed by atoms with Crippen molar-refractivity contribution in [1.29, 1.82) is 0 Å². The van der Waals surface area contributed by atoms with Crippen LogP contribution in [0.15, 0.2) is 35.8 Å². The van der Waals surface area contributed by atoms with Crippen molar-refractivity contribution >= 4 is 17.2 Å². The summed E-state index contributed by atoms with van der Waals surface area (Å²) in [6.07, 6.45) is 2.20. The van der Waals surface area contributed by atoms with Gasteiger partial charge in [-0.15, -0.1) is 11.3 Å². The van der Waals surface area contributed by atoms with Crippen LogP contribution in [-0.4, -0.2) is 4.98 Å². The first-order chi connectivity index (χ1) is 7.79. The van der Waals surface area contributed by atoms with Crippen molar-refractivity contribution in [3.8, 4) is 0 Å². The number of rotatable bonds is 4. The number of aromatic nitrogens is 1. The normalized spacial score (nSPS) is 12.4. The maximum atomic E-state index is 12.7. The number of nitrogens with zero attached hydrogens (tertiary/aromatic N) is 1. The van der Waals surface area contributed by atoms with Crippen LogP contribution in [0, 0.1) is 5.82 Å². The molecule has 2 aromatic heterocycles. The summed E-state index contributed by atoms with van der Waals surface area (Å²) in [5.41, 5.74) is 0. The van der Waals surface area contributed by atoms with Gasteiger partial charge in [0.2, 0.25) is 0 Å². The zero-order valence-electron chi connectivity index (χ0n) is 8.98. The third-order valence-corrected chi connectivity index (χ3v) is 3.33. The highest BCUT2D eigenvalue weighted by Gasteiger charge is 2.10. The quantitative estimate of drug-likeness (QED) is 0.872. The Hall–Kier alpha value is -1.42. The lowest BCUT2D eigenvalue weighted by Crippen LogP contribution is -2.09. The van der Waals surface area contributed by atoms with Crippen LogP contribution in [0.2, 0.25) is 0 Å². The van der Waals surface area contributed by atoms with Crippen molar-refractivity contribution in [1.82, 2.24) is 4.98 Å². The lowest BCUT2D eigenvalue weighted by molar-refractivity contribution is 0.621. The average molecular weight is 236 g/mol. The van der Waals surface area contributed by atoms with Crippen LogP contribution in [0.3, 0.4) is 0 Å². The number of thiophene rings is 1. The van der Waals surface area contributed by atoms with E-state index in [1.807, 2.05) is 6.07 Å². The second kappa shape index (κ2) is 5.07. The van der Waals surface area contributed by atoms with Crippen LogP contribution in [0.25, 0.3) is 0 Å². The molecule has 0 bridgehead atoms. The zero-order valence-corrected chi connectivity index (χ0v) is 9.80. The Labute approximate surface area is 98.2 Å². The molecule has 1 atom stereocenters. The highest BCUT2D eigenvalue weighted by molar-refractivity contribution is 7.10. The minimum Gasteiger partial charge on any atom is -0.362 e. The predicted octanol–water partition coefficient (Wildman–Crippen LogP) is 3.85. The van der Waals surface area contributed by atoms with Gasteiger partial charge in [0.1, 0.15) is 11.6 Å². The molecule has 2 nitrogen and oxygen atoms in total. The fourth-order valence-corrected chi connectivity index (χ4v) is 2.36. The molecule has 0 spiro atoms. The molecule has 2 aromatic rings. The summed E-state index contributed by atoms with van der Waals surface area (Å²) in [4.78, 5) is 5.27. The number of anilines is 1. The molecular weight excluding hydrogens is 223 g/mol. The fraction of sp³-hybridized carbons (Fsp3) is 0.250. The Balaban J connectivity index is 2.10. The van der Waals surface area contributed by atoms with Crippen molar-refractivity contribution in [2.45, 2.75) is 19.4 Å². The molecule has 0 amide bonds. The summed E-state index contributed by atoms with van der Waals surface area (Å²) in [7, 11) is 0. The first-order valence-corrected chi connectivity index (χ1v) is 6.09. The van der Waals surface area contributed by atoms with Crippen LogP contribution in [0.4, 0.5) is 10.2 Å². The second-order valence-electron chi connectivity index (χ2n) is 3.48. The van der Waals surface area contributed by atoms with Crippen molar-refractivity contribution in [2.75, 3.05) is 5.32 Å². The minimum atomic E-state index is -0.310. The summed E-state index contributed by atoms with van der Waals surface area (Å²) >= 11 is 1.71. The molecule has 0 fully saturated rings. The van der Waals surface area contributed by atoms with E-state index in [9.17, 15) is 4.39 Å². The summed E-state index contributed by atoms with van der Waals surface area (Å²) in [6, 6.07) is 7.44. The summed E-state index contributed by atoms with van der Waals surface area (Å²) in [5.74, 6) is 0.399. The van der Waals surface area contributed by atoms with E-state index in [0.29, 0.717) is 5.82 Å². The topological polar surface area (TPSA) is 24.9 Å². The molecule has 1 unspecified atom stereocenters. The first kappa shape index (κ1) is 11.1. The predicted molar refractivity (Wildman–Crippen MR) is 65.2 cm³/mol. The molecule has 4 heteroatoms. The molecule has 16 heavy (non-hydrogen) atoms. The van der Waals surface area contributed by atoms with Gasteiger partial charge < -0.3 is 5.32 Å². The van der Waals surface area contributed by atoms with E-state index in [1.54, 1.807) is 17.4 Å². The van der Waals surface area contributed by atoms with Crippen LogP contribution >= 0.6 is 11.3 Å². The monoisotopic (exact) mass is 236 g/mol. The van der Waals surface area contributed by atoms with Crippen LogP contribution in [-0.2, 0) is 0 Å². The molecule has 0 aliphatic carbocycles. The lowest BCUT2D eigenvalue weighted by Gasteiger charge is -2.15. The maximum Gasteiger partial charge on any atom is 0.141 e. The van der Waals surface area contributed by atoms with Gasteiger partial charge in [0.05, 0.1) is 12.2 Å². The van der Waals surface area contributed by atoms with Crippen LogP contribution < -0.4 is 5.32 Å². The molecule has 0 radical (unpaired) electrons. The Morgan fingerprint density at radius 3 is 2.88 bits per heavy atom.